The lowest BCUT2D eigenvalue weighted by Crippen LogP contribution is -2.26. The van der Waals surface area contributed by atoms with Gasteiger partial charge in [-0.15, -0.1) is 0 Å². The number of aromatic nitrogens is 4. The molecule has 0 aliphatic rings. The zero-order chi connectivity index (χ0) is 23.6. The van der Waals surface area contributed by atoms with E-state index in [2.05, 4.69) is 26.4 Å². The minimum atomic E-state index is -3.65. The van der Waals surface area contributed by atoms with Gasteiger partial charge >= 0.3 is 0 Å². The number of hydrogen-bond acceptors (Lipinski definition) is 7. The molecule has 33 heavy (non-hydrogen) atoms. The van der Waals surface area contributed by atoms with Crippen molar-refractivity contribution in [1.82, 2.24) is 24.4 Å². The highest BCUT2D eigenvalue weighted by Crippen LogP contribution is 2.29. The van der Waals surface area contributed by atoms with Gasteiger partial charge in [-0.3, -0.25) is 0 Å². The van der Waals surface area contributed by atoms with Gasteiger partial charge in [-0.25, -0.2) is 23.1 Å². The van der Waals surface area contributed by atoms with E-state index >= 15 is 0 Å². The molecule has 3 N–H and O–H groups in total. The molecule has 176 valence electrons. The molecule has 0 aliphatic heterocycles. The molecule has 4 aromatic rings. The monoisotopic (exact) mass is 470 g/mol. The van der Waals surface area contributed by atoms with Crippen LogP contribution in [0.5, 0.6) is 0 Å². The second-order valence-electron chi connectivity index (χ2n) is 8.25. The molecule has 4 rings (SSSR count). The lowest BCUT2D eigenvalue weighted by molar-refractivity contribution is 0.390. The van der Waals surface area contributed by atoms with E-state index in [1.165, 1.54) is 0 Å². The van der Waals surface area contributed by atoms with Gasteiger partial charge in [0.25, 0.3) is 0 Å². The normalized spacial score (nSPS) is 12.2. The van der Waals surface area contributed by atoms with Crippen LogP contribution in [-0.2, 0) is 23.0 Å². The Morgan fingerprint density at radius 2 is 1.91 bits per heavy atom. The number of imidazole rings is 1. The lowest BCUT2D eigenvalue weighted by atomic mass is 10.2. The van der Waals surface area contributed by atoms with E-state index in [9.17, 15) is 8.42 Å². The number of nitrogens with one attached hydrogen (secondary N) is 1. The first-order valence-corrected chi connectivity index (χ1v) is 12.8. The Hall–Kier alpha value is -2.98. The standard InChI is InChI=1S/C23H30N6O3S/c1-4-5-12-19-27-20-21(17-10-6-7-11-18(17)26-23(20)24)29(19)14-9-8-13-25-33(30,31)22-15(2)28-32-16(22)3/h6-7,10-11,25H,4-5,8-9,12-14H2,1-3H3,(H2,24,26). The maximum Gasteiger partial charge on any atom is 0.245 e. The van der Waals surface area contributed by atoms with Crippen molar-refractivity contribution < 1.29 is 12.9 Å². The third kappa shape index (κ3) is 4.58. The van der Waals surface area contributed by atoms with Crippen molar-refractivity contribution >= 4 is 37.8 Å². The quantitative estimate of drug-likeness (QED) is 0.337. The number of nitrogen functional groups attached to an aromatic ring is 1. The summed E-state index contributed by atoms with van der Waals surface area (Å²) in [7, 11) is -3.65. The van der Waals surface area contributed by atoms with Crippen LogP contribution >= 0.6 is 0 Å². The van der Waals surface area contributed by atoms with Crippen LogP contribution in [0.25, 0.3) is 21.9 Å². The van der Waals surface area contributed by atoms with Gasteiger partial charge in [0.05, 0.1) is 11.0 Å². The van der Waals surface area contributed by atoms with E-state index in [4.69, 9.17) is 15.2 Å². The molecular weight excluding hydrogens is 440 g/mol. The largest absolute Gasteiger partial charge is 0.382 e. The summed E-state index contributed by atoms with van der Waals surface area (Å²) in [5.74, 6) is 1.73. The predicted octanol–water partition coefficient (Wildman–Crippen LogP) is 3.87. The molecule has 0 saturated heterocycles. The van der Waals surface area contributed by atoms with E-state index in [1.54, 1.807) is 13.8 Å². The van der Waals surface area contributed by atoms with Crippen molar-refractivity contribution in [2.75, 3.05) is 12.3 Å². The van der Waals surface area contributed by atoms with Gasteiger partial charge in [0.1, 0.15) is 21.9 Å². The minimum Gasteiger partial charge on any atom is -0.382 e. The van der Waals surface area contributed by atoms with Crippen molar-refractivity contribution in [3.05, 3.63) is 41.5 Å². The van der Waals surface area contributed by atoms with E-state index in [0.717, 1.165) is 60.0 Å². The maximum absolute atomic E-state index is 12.6. The zero-order valence-electron chi connectivity index (χ0n) is 19.3. The number of rotatable bonds is 10. The Bertz CT molecular complexity index is 1370. The molecular formula is C23H30N6O3S. The zero-order valence-corrected chi connectivity index (χ0v) is 20.1. The molecule has 10 heteroatoms. The average Bonchev–Trinajstić information content (AvgIpc) is 3.32. The highest BCUT2D eigenvalue weighted by molar-refractivity contribution is 7.89. The first-order chi connectivity index (χ1) is 15.8. The summed E-state index contributed by atoms with van der Waals surface area (Å²) in [6, 6.07) is 7.94. The van der Waals surface area contributed by atoms with Crippen LogP contribution in [0.15, 0.2) is 33.7 Å². The Kier molecular flexibility index (Phi) is 6.66. The molecule has 0 unspecified atom stereocenters. The highest BCUT2D eigenvalue weighted by Gasteiger charge is 2.23. The van der Waals surface area contributed by atoms with Crippen LogP contribution < -0.4 is 10.5 Å². The topological polar surface area (TPSA) is 129 Å². The number of hydrogen-bond donors (Lipinski definition) is 2. The maximum atomic E-state index is 12.6. The Balaban J connectivity index is 1.53. The van der Waals surface area contributed by atoms with Crippen molar-refractivity contribution in [2.24, 2.45) is 0 Å². The number of nitrogens with zero attached hydrogens (tertiary/aromatic N) is 4. The SMILES string of the molecule is CCCCc1nc2c(N)nc3ccccc3c2n1CCCCNS(=O)(=O)c1c(C)noc1C. The number of para-hydroxylation sites is 1. The third-order valence-electron chi connectivity index (χ3n) is 5.78. The molecule has 3 heterocycles. The van der Waals surface area contributed by atoms with Gasteiger partial charge in [-0.05, 0) is 39.2 Å². The Morgan fingerprint density at radius 3 is 2.64 bits per heavy atom. The van der Waals surface area contributed by atoms with E-state index in [0.29, 0.717) is 30.2 Å². The molecule has 0 radical (unpaired) electrons. The number of anilines is 1. The summed E-state index contributed by atoms with van der Waals surface area (Å²) >= 11 is 0. The molecule has 0 fully saturated rings. The van der Waals surface area contributed by atoms with Crippen LogP contribution in [0.4, 0.5) is 5.82 Å². The fraction of sp³-hybridized carbons (Fsp3) is 0.435. The molecule has 0 atom stereocenters. The second kappa shape index (κ2) is 9.48. The average molecular weight is 471 g/mol. The molecule has 0 amide bonds. The summed E-state index contributed by atoms with van der Waals surface area (Å²) in [6.07, 6.45) is 4.42. The van der Waals surface area contributed by atoms with Gasteiger partial charge < -0.3 is 14.8 Å². The van der Waals surface area contributed by atoms with Gasteiger partial charge in [0, 0.05) is 24.9 Å². The number of nitrogens with two attached hydrogens (primary N) is 1. The minimum absolute atomic E-state index is 0.124. The second-order valence-corrected chi connectivity index (χ2v) is 9.96. The summed E-state index contributed by atoms with van der Waals surface area (Å²) in [5, 5.41) is 4.76. The van der Waals surface area contributed by atoms with Crippen molar-refractivity contribution in [3.63, 3.8) is 0 Å². The summed E-state index contributed by atoms with van der Waals surface area (Å²) in [5.41, 5.74) is 9.20. The molecule has 3 aromatic heterocycles. The number of sulfonamides is 1. The summed E-state index contributed by atoms with van der Waals surface area (Å²) < 4.78 is 35.1. The van der Waals surface area contributed by atoms with Gasteiger partial charge in [-0.2, -0.15) is 0 Å². The highest BCUT2D eigenvalue weighted by atomic mass is 32.2. The summed E-state index contributed by atoms with van der Waals surface area (Å²) in [6.45, 7) is 6.42. The number of fused-ring (bicyclic) bond motifs is 3. The van der Waals surface area contributed by atoms with E-state index in [1.807, 2.05) is 24.3 Å². The van der Waals surface area contributed by atoms with Crippen LogP contribution in [0.2, 0.25) is 0 Å². The Morgan fingerprint density at radius 1 is 1.12 bits per heavy atom. The van der Waals surface area contributed by atoms with Crippen LogP contribution in [0.3, 0.4) is 0 Å². The fourth-order valence-electron chi connectivity index (χ4n) is 4.20. The van der Waals surface area contributed by atoms with Gasteiger partial charge in [0.2, 0.25) is 10.0 Å². The van der Waals surface area contributed by atoms with Crippen LogP contribution in [-0.4, -0.2) is 34.7 Å². The number of pyridine rings is 1. The van der Waals surface area contributed by atoms with Crippen molar-refractivity contribution in [1.29, 1.82) is 0 Å². The first kappa shape index (κ1) is 23.2. The molecule has 0 aliphatic carbocycles. The molecule has 0 spiro atoms. The molecule has 9 nitrogen and oxygen atoms in total. The summed E-state index contributed by atoms with van der Waals surface area (Å²) in [4.78, 5) is 9.49. The van der Waals surface area contributed by atoms with Crippen molar-refractivity contribution in [2.45, 2.75) is 64.3 Å². The number of unbranched alkanes of at least 4 members (excludes halogenated alkanes) is 2. The van der Waals surface area contributed by atoms with E-state index in [-0.39, 0.29) is 4.90 Å². The molecule has 0 bridgehead atoms. The third-order valence-corrected chi connectivity index (χ3v) is 7.48. The smallest absolute Gasteiger partial charge is 0.245 e. The van der Waals surface area contributed by atoms with E-state index < -0.39 is 10.0 Å². The molecule has 0 saturated carbocycles. The first-order valence-electron chi connectivity index (χ1n) is 11.3. The van der Waals surface area contributed by atoms with Crippen LogP contribution in [0, 0.1) is 13.8 Å². The lowest BCUT2D eigenvalue weighted by Gasteiger charge is -2.11. The van der Waals surface area contributed by atoms with Gasteiger partial charge in [-0.1, -0.05) is 36.7 Å². The predicted molar refractivity (Wildman–Crippen MR) is 128 cm³/mol. The van der Waals surface area contributed by atoms with Crippen LogP contribution in [0.1, 0.15) is 49.9 Å². The number of aryl methyl sites for hydroxylation is 4. The van der Waals surface area contributed by atoms with Crippen molar-refractivity contribution in [3.8, 4) is 0 Å². The Labute approximate surface area is 193 Å². The molecule has 1 aromatic carbocycles. The number of benzene rings is 1. The fourth-order valence-corrected chi connectivity index (χ4v) is 5.60. The van der Waals surface area contributed by atoms with Gasteiger partial charge in [0.15, 0.2) is 11.6 Å².